The number of amides is 1. The lowest BCUT2D eigenvalue weighted by molar-refractivity contribution is 0.0512. The van der Waals surface area contributed by atoms with Crippen LogP contribution < -0.4 is 0 Å². The van der Waals surface area contributed by atoms with Crippen molar-refractivity contribution in [1.82, 2.24) is 14.7 Å². The first-order valence-electron chi connectivity index (χ1n) is 9.12. The van der Waals surface area contributed by atoms with Gasteiger partial charge in [0.15, 0.2) is 0 Å². The fourth-order valence-corrected chi connectivity index (χ4v) is 5.41. The molecule has 132 valence electrons. The Bertz CT molecular complexity index is 609. The van der Waals surface area contributed by atoms with Gasteiger partial charge in [-0.25, -0.2) is 0 Å². The summed E-state index contributed by atoms with van der Waals surface area (Å²) in [6.07, 6.45) is 4.18. The number of thiophene rings is 1. The molecule has 0 bridgehead atoms. The highest BCUT2D eigenvalue weighted by atomic mass is 32.1. The molecule has 1 aromatic rings. The molecule has 0 aromatic carbocycles. The predicted molar refractivity (Wildman–Crippen MR) is 95.7 cm³/mol. The van der Waals surface area contributed by atoms with Crippen molar-refractivity contribution in [2.45, 2.75) is 37.8 Å². The van der Waals surface area contributed by atoms with Crippen molar-refractivity contribution in [3.63, 3.8) is 0 Å². The number of aliphatic hydroxyl groups excluding tert-OH is 1. The van der Waals surface area contributed by atoms with E-state index >= 15 is 0 Å². The van der Waals surface area contributed by atoms with Crippen LogP contribution in [0.2, 0.25) is 0 Å². The Kier molecular flexibility index (Phi) is 4.64. The molecule has 2 aliphatic heterocycles. The molecule has 1 N–H and O–H groups in total. The highest BCUT2D eigenvalue weighted by Crippen LogP contribution is 2.32. The number of β-amino-alcohol motifs (C(OH)–C–C–N with tert-alkyl or cyclic N) is 1. The molecule has 0 radical (unpaired) electrons. The first kappa shape index (κ1) is 16.5. The fourth-order valence-electron chi connectivity index (χ4n) is 4.29. The predicted octanol–water partition coefficient (Wildman–Crippen LogP) is 1.06. The van der Waals surface area contributed by atoms with Crippen molar-refractivity contribution in [3.05, 3.63) is 21.4 Å². The van der Waals surface area contributed by atoms with Gasteiger partial charge < -0.3 is 14.9 Å². The van der Waals surface area contributed by atoms with Crippen molar-refractivity contribution in [2.75, 3.05) is 46.3 Å². The number of nitrogens with zero attached hydrogens (tertiary/aromatic N) is 3. The van der Waals surface area contributed by atoms with Gasteiger partial charge in [-0.1, -0.05) is 0 Å². The smallest absolute Gasteiger partial charge is 0.255 e. The zero-order chi connectivity index (χ0) is 16.7. The maximum absolute atomic E-state index is 13.0. The number of aliphatic hydroxyl groups is 1. The normalized spacial score (nSPS) is 29.0. The second-order valence-electron chi connectivity index (χ2n) is 7.44. The molecule has 0 spiro atoms. The molecule has 4 rings (SSSR count). The van der Waals surface area contributed by atoms with Crippen molar-refractivity contribution in [3.8, 4) is 0 Å². The summed E-state index contributed by atoms with van der Waals surface area (Å²) in [4.78, 5) is 21.0. The number of aryl methyl sites for hydroxylation is 1. The SMILES string of the molecule is CN1CCN([C@@H]2CN(C(=O)c3csc4c3CCCC4)C[C@H]2O)CC1. The Morgan fingerprint density at radius 2 is 1.92 bits per heavy atom. The van der Waals surface area contributed by atoms with Crippen LogP contribution in [-0.2, 0) is 12.8 Å². The zero-order valence-electron chi connectivity index (χ0n) is 14.4. The minimum atomic E-state index is -0.424. The van der Waals surface area contributed by atoms with Crippen LogP contribution in [0.15, 0.2) is 5.38 Å². The molecular formula is C18H27N3O2S. The van der Waals surface area contributed by atoms with Crippen molar-refractivity contribution in [1.29, 1.82) is 0 Å². The highest BCUT2D eigenvalue weighted by molar-refractivity contribution is 7.10. The number of carbonyl (C=O) groups excluding carboxylic acids is 1. The molecule has 3 heterocycles. The van der Waals surface area contributed by atoms with Gasteiger partial charge in [0, 0.05) is 49.5 Å². The molecule has 1 amide bonds. The van der Waals surface area contributed by atoms with E-state index in [-0.39, 0.29) is 11.9 Å². The molecule has 3 aliphatic rings. The molecule has 2 saturated heterocycles. The van der Waals surface area contributed by atoms with Gasteiger partial charge in [-0.15, -0.1) is 11.3 Å². The Balaban J connectivity index is 1.45. The van der Waals surface area contributed by atoms with Crippen LogP contribution in [0.5, 0.6) is 0 Å². The summed E-state index contributed by atoms with van der Waals surface area (Å²) in [6.45, 7) is 5.17. The van der Waals surface area contributed by atoms with E-state index < -0.39 is 6.10 Å². The summed E-state index contributed by atoms with van der Waals surface area (Å²) in [7, 11) is 2.14. The second-order valence-corrected chi connectivity index (χ2v) is 8.41. The number of rotatable bonds is 2. The largest absolute Gasteiger partial charge is 0.390 e. The molecule has 2 fully saturated rings. The topological polar surface area (TPSA) is 47.0 Å². The fraction of sp³-hybridized carbons (Fsp3) is 0.722. The molecular weight excluding hydrogens is 322 g/mol. The number of hydrogen-bond acceptors (Lipinski definition) is 5. The number of hydrogen-bond donors (Lipinski definition) is 1. The van der Waals surface area contributed by atoms with E-state index in [1.54, 1.807) is 11.3 Å². The Morgan fingerprint density at radius 3 is 2.71 bits per heavy atom. The number of fused-ring (bicyclic) bond motifs is 1. The zero-order valence-corrected chi connectivity index (χ0v) is 15.2. The first-order chi connectivity index (χ1) is 11.6. The summed E-state index contributed by atoms with van der Waals surface area (Å²) in [6, 6.07) is 0.0945. The summed E-state index contributed by atoms with van der Waals surface area (Å²) in [5.74, 6) is 0.130. The molecule has 1 aliphatic carbocycles. The lowest BCUT2D eigenvalue weighted by Crippen LogP contribution is -2.52. The lowest BCUT2D eigenvalue weighted by Gasteiger charge is -2.37. The van der Waals surface area contributed by atoms with Gasteiger partial charge in [0.1, 0.15) is 0 Å². The highest BCUT2D eigenvalue weighted by Gasteiger charge is 2.39. The molecule has 6 heteroatoms. The Morgan fingerprint density at radius 1 is 1.17 bits per heavy atom. The first-order valence-corrected chi connectivity index (χ1v) is 10.0. The van der Waals surface area contributed by atoms with Crippen LogP contribution in [0.25, 0.3) is 0 Å². The monoisotopic (exact) mass is 349 g/mol. The average Bonchev–Trinajstić information content (AvgIpc) is 3.19. The maximum atomic E-state index is 13.0. The number of carbonyl (C=O) groups is 1. The molecule has 0 unspecified atom stereocenters. The Labute approximate surface area is 147 Å². The van der Waals surface area contributed by atoms with Gasteiger partial charge in [-0.2, -0.15) is 0 Å². The van der Waals surface area contributed by atoms with Crippen molar-refractivity contribution in [2.24, 2.45) is 0 Å². The van der Waals surface area contributed by atoms with Crippen LogP contribution in [0.3, 0.4) is 0 Å². The standard InChI is InChI=1S/C18H27N3O2S/c1-19-6-8-20(9-7-19)15-10-21(11-16(15)22)18(23)14-12-24-17-5-3-2-4-13(14)17/h12,15-16,22H,2-11H2,1H3/t15-,16-/m1/s1. The van der Waals surface area contributed by atoms with Gasteiger partial charge >= 0.3 is 0 Å². The third-order valence-electron chi connectivity index (χ3n) is 5.84. The van der Waals surface area contributed by atoms with Crippen LogP contribution in [0.1, 0.15) is 33.6 Å². The van der Waals surface area contributed by atoms with E-state index in [9.17, 15) is 9.90 Å². The van der Waals surface area contributed by atoms with E-state index in [0.29, 0.717) is 13.1 Å². The molecule has 24 heavy (non-hydrogen) atoms. The summed E-state index contributed by atoms with van der Waals surface area (Å²) in [5.41, 5.74) is 2.19. The van der Waals surface area contributed by atoms with Crippen molar-refractivity contribution < 1.29 is 9.90 Å². The quantitative estimate of drug-likeness (QED) is 0.867. The summed E-state index contributed by atoms with van der Waals surface area (Å²) in [5, 5.41) is 12.6. The van der Waals surface area contributed by atoms with Gasteiger partial charge in [0.25, 0.3) is 5.91 Å². The van der Waals surface area contributed by atoms with E-state index in [0.717, 1.165) is 44.6 Å². The maximum Gasteiger partial charge on any atom is 0.255 e. The summed E-state index contributed by atoms with van der Waals surface area (Å²) < 4.78 is 0. The lowest BCUT2D eigenvalue weighted by atomic mass is 9.95. The Hall–Kier alpha value is -0.950. The molecule has 0 saturated carbocycles. The van der Waals surface area contributed by atoms with E-state index in [1.165, 1.54) is 23.3 Å². The number of likely N-dealkylation sites (N-methyl/N-ethyl adjacent to an activating group) is 1. The molecule has 1 aromatic heterocycles. The third-order valence-corrected chi connectivity index (χ3v) is 6.93. The minimum Gasteiger partial charge on any atom is -0.390 e. The van der Waals surface area contributed by atoms with Crippen molar-refractivity contribution >= 4 is 17.2 Å². The van der Waals surface area contributed by atoms with Crippen LogP contribution >= 0.6 is 11.3 Å². The molecule has 5 nitrogen and oxygen atoms in total. The van der Waals surface area contributed by atoms with E-state index in [1.807, 2.05) is 10.3 Å². The van der Waals surface area contributed by atoms with Crippen LogP contribution in [-0.4, -0.2) is 84.2 Å². The minimum absolute atomic E-state index is 0.0945. The second kappa shape index (κ2) is 6.75. The van der Waals surface area contributed by atoms with Gasteiger partial charge in [0.2, 0.25) is 0 Å². The van der Waals surface area contributed by atoms with Gasteiger partial charge in [0.05, 0.1) is 17.7 Å². The van der Waals surface area contributed by atoms with E-state index in [4.69, 9.17) is 0 Å². The van der Waals surface area contributed by atoms with Gasteiger partial charge in [-0.05, 0) is 38.3 Å². The third kappa shape index (κ3) is 3.01. The number of piperazine rings is 1. The van der Waals surface area contributed by atoms with Gasteiger partial charge in [-0.3, -0.25) is 9.69 Å². The number of likely N-dealkylation sites (tertiary alicyclic amines) is 1. The molecule has 2 atom stereocenters. The van der Waals surface area contributed by atoms with Crippen LogP contribution in [0.4, 0.5) is 0 Å². The summed E-state index contributed by atoms with van der Waals surface area (Å²) >= 11 is 1.74. The van der Waals surface area contributed by atoms with E-state index in [2.05, 4.69) is 16.8 Å². The van der Waals surface area contributed by atoms with Crippen LogP contribution in [0, 0.1) is 0 Å². The average molecular weight is 350 g/mol.